The number of phenols is 1. The number of aryl methyl sites for hydroxylation is 1. The largest absolute Gasteiger partial charge is 0.504 e. The van der Waals surface area contributed by atoms with Crippen LogP contribution >= 0.6 is 0 Å². The van der Waals surface area contributed by atoms with Crippen molar-refractivity contribution in [3.05, 3.63) is 44.6 Å². The van der Waals surface area contributed by atoms with Crippen LogP contribution in [0.4, 0.5) is 5.95 Å². The summed E-state index contributed by atoms with van der Waals surface area (Å²) in [5.74, 6) is 0.450. The highest BCUT2D eigenvalue weighted by Gasteiger charge is 2.21. The van der Waals surface area contributed by atoms with Gasteiger partial charge < -0.3 is 24.3 Å². The Kier molecular flexibility index (Phi) is 7.19. The number of benzene rings is 1. The van der Waals surface area contributed by atoms with Crippen molar-refractivity contribution >= 4 is 23.3 Å². The summed E-state index contributed by atoms with van der Waals surface area (Å²) in [6.07, 6.45) is 0.469. The lowest BCUT2D eigenvalue weighted by molar-refractivity contribution is -0.000109. The first kappa shape index (κ1) is 24.0. The maximum atomic E-state index is 12.9. The molecule has 12 heteroatoms. The van der Waals surface area contributed by atoms with Crippen LogP contribution in [0, 0.1) is 0 Å². The van der Waals surface area contributed by atoms with E-state index in [9.17, 15) is 19.8 Å². The predicted molar refractivity (Wildman–Crippen MR) is 123 cm³/mol. The number of fused-ring (bicyclic) bond motifs is 1. The van der Waals surface area contributed by atoms with E-state index in [4.69, 9.17) is 9.47 Å². The maximum absolute atomic E-state index is 12.9. The Bertz CT molecular complexity index is 1290. The van der Waals surface area contributed by atoms with Crippen molar-refractivity contribution < 1.29 is 19.7 Å². The van der Waals surface area contributed by atoms with Crippen LogP contribution in [0.3, 0.4) is 0 Å². The lowest BCUT2D eigenvalue weighted by atomic mass is 10.2. The summed E-state index contributed by atoms with van der Waals surface area (Å²) in [7, 11) is 4.33. The fourth-order valence-corrected chi connectivity index (χ4v) is 3.22. The average molecular weight is 460 g/mol. The number of hydrogen-bond donors (Lipinski definition) is 3. The average Bonchev–Trinajstić information content (AvgIpc) is 3.14. The molecule has 0 unspecified atom stereocenters. The topological polar surface area (TPSA) is 145 Å². The van der Waals surface area contributed by atoms with Crippen LogP contribution in [0.1, 0.15) is 19.4 Å². The Labute approximate surface area is 189 Å². The molecule has 0 bridgehead atoms. The minimum absolute atomic E-state index is 0.00114. The van der Waals surface area contributed by atoms with Gasteiger partial charge in [-0.25, -0.2) is 10.2 Å². The summed E-state index contributed by atoms with van der Waals surface area (Å²) in [6, 6.07) is 4.70. The Morgan fingerprint density at radius 1 is 1.24 bits per heavy atom. The molecule has 0 aliphatic heterocycles. The standard InChI is InChI=1S/C21H28N6O6/c1-12(2)33-11-14(28)10-27-17-18(25(3)21(31)26(4)19(17)30)23-20(27)24-22-9-13-6-7-15(29)16(8-13)32-5/h6-9,12,14,28-29H,10-11H2,1-5H3,(H,23,24)/b22-9-/t14-/m0/s1. The molecule has 3 aromatic rings. The van der Waals surface area contributed by atoms with Crippen LogP contribution in [0.2, 0.25) is 0 Å². The third-order valence-corrected chi connectivity index (χ3v) is 4.95. The van der Waals surface area contributed by atoms with E-state index < -0.39 is 17.4 Å². The van der Waals surface area contributed by atoms with Gasteiger partial charge in [-0.3, -0.25) is 13.9 Å². The number of aliphatic hydroxyl groups is 1. The van der Waals surface area contributed by atoms with Gasteiger partial charge in [-0.1, -0.05) is 0 Å². The summed E-state index contributed by atoms with van der Waals surface area (Å²) in [6.45, 7) is 3.75. The van der Waals surface area contributed by atoms with Crippen molar-refractivity contribution in [1.82, 2.24) is 18.7 Å². The highest BCUT2D eigenvalue weighted by molar-refractivity contribution is 5.81. The number of imidazole rings is 1. The summed E-state index contributed by atoms with van der Waals surface area (Å²) in [5, 5.41) is 24.3. The van der Waals surface area contributed by atoms with E-state index in [2.05, 4.69) is 15.5 Å². The molecule has 1 aromatic carbocycles. The molecule has 33 heavy (non-hydrogen) atoms. The number of nitrogens with zero attached hydrogens (tertiary/aromatic N) is 5. The number of phenolic OH excluding ortho intramolecular Hbond substituents is 1. The second kappa shape index (κ2) is 9.88. The van der Waals surface area contributed by atoms with Crippen molar-refractivity contribution in [1.29, 1.82) is 0 Å². The van der Waals surface area contributed by atoms with Crippen LogP contribution in [0.25, 0.3) is 11.2 Å². The molecule has 3 rings (SSSR count). The number of ether oxygens (including phenoxy) is 2. The Hall–Kier alpha value is -3.64. The molecule has 0 spiro atoms. The van der Waals surface area contributed by atoms with Gasteiger partial charge in [0, 0.05) is 14.1 Å². The van der Waals surface area contributed by atoms with Crippen LogP contribution in [-0.2, 0) is 25.4 Å². The maximum Gasteiger partial charge on any atom is 0.332 e. The van der Waals surface area contributed by atoms with Gasteiger partial charge in [-0.05, 0) is 37.6 Å². The smallest absolute Gasteiger partial charge is 0.332 e. The summed E-state index contributed by atoms with van der Waals surface area (Å²) < 4.78 is 14.3. The fraction of sp³-hybridized carbons (Fsp3) is 0.429. The third kappa shape index (κ3) is 5.07. The third-order valence-electron chi connectivity index (χ3n) is 4.95. The van der Waals surface area contributed by atoms with Gasteiger partial charge in [0.25, 0.3) is 5.56 Å². The van der Waals surface area contributed by atoms with E-state index in [-0.39, 0.29) is 47.9 Å². The molecular weight excluding hydrogens is 432 g/mol. The molecule has 0 saturated carbocycles. The molecule has 2 aromatic heterocycles. The SMILES string of the molecule is COc1cc(/C=N\Nc2nc3c(c(=O)n(C)c(=O)n3C)n2C[C@H](O)COC(C)C)ccc1O. The number of aliphatic hydroxyl groups excluding tert-OH is 1. The van der Waals surface area contributed by atoms with Crippen LogP contribution in [0.5, 0.6) is 11.5 Å². The summed E-state index contributed by atoms with van der Waals surface area (Å²) in [4.78, 5) is 29.6. The summed E-state index contributed by atoms with van der Waals surface area (Å²) in [5.41, 5.74) is 2.64. The van der Waals surface area contributed by atoms with Gasteiger partial charge in [0.15, 0.2) is 22.7 Å². The molecule has 178 valence electrons. The molecule has 0 fully saturated rings. The van der Waals surface area contributed by atoms with Crippen LogP contribution in [-0.4, -0.2) is 61.0 Å². The Balaban J connectivity index is 2.01. The van der Waals surface area contributed by atoms with Gasteiger partial charge in [0.2, 0.25) is 5.95 Å². The van der Waals surface area contributed by atoms with Gasteiger partial charge in [0.05, 0.1) is 38.7 Å². The second-order valence-corrected chi connectivity index (χ2v) is 7.76. The van der Waals surface area contributed by atoms with E-state index >= 15 is 0 Å². The fourth-order valence-electron chi connectivity index (χ4n) is 3.22. The zero-order valence-electron chi connectivity index (χ0n) is 19.1. The van der Waals surface area contributed by atoms with Gasteiger partial charge in [0.1, 0.15) is 0 Å². The lowest BCUT2D eigenvalue weighted by Crippen LogP contribution is -2.38. The van der Waals surface area contributed by atoms with Gasteiger partial charge >= 0.3 is 5.69 Å². The molecule has 12 nitrogen and oxygen atoms in total. The number of aromatic nitrogens is 4. The normalized spacial score (nSPS) is 12.7. The molecule has 0 amide bonds. The molecule has 2 heterocycles. The number of nitrogens with one attached hydrogen (secondary N) is 1. The number of hydrazone groups is 1. The second-order valence-electron chi connectivity index (χ2n) is 7.76. The van der Waals surface area contributed by atoms with E-state index in [1.165, 1.54) is 42.6 Å². The quantitative estimate of drug-likeness (QED) is 0.307. The molecule has 0 aliphatic rings. The molecule has 0 radical (unpaired) electrons. The molecule has 3 N–H and O–H groups in total. The van der Waals surface area contributed by atoms with Gasteiger partial charge in [-0.15, -0.1) is 0 Å². The number of rotatable bonds is 9. The van der Waals surface area contributed by atoms with E-state index in [1.54, 1.807) is 12.1 Å². The zero-order chi connectivity index (χ0) is 24.3. The Morgan fingerprint density at radius 2 is 1.97 bits per heavy atom. The minimum atomic E-state index is -0.933. The minimum Gasteiger partial charge on any atom is -0.504 e. The van der Waals surface area contributed by atoms with Crippen LogP contribution in [0.15, 0.2) is 32.9 Å². The highest BCUT2D eigenvalue weighted by atomic mass is 16.5. The molecule has 0 aliphatic carbocycles. The highest BCUT2D eigenvalue weighted by Crippen LogP contribution is 2.25. The predicted octanol–water partition coefficient (Wildman–Crippen LogP) is 0.380. The van der Waals surface area contributed by atoms with Crippen molar-refractivity contribution in [2.75, 3.05) is 19.1 Å². The summed E-state index contributed by atoms with van der Waals surface area (Å²) >= 11 is 0. The van der Waals surface area contributed by atoms with Crippen molar-refractivity contribution in [2.24, 2.45) is 19.2 Å². The zero-order valence-corrected chi connectivity index (χ0v) is 19.1. The number of methoxy groups -OCH3 is 1. The molecule has 1 atom stereocenters. The first-order valence-electron chi connectivity index (χ1n) is 10.3. The first-order valence-corrected chi connectivity index (χ1v) is 10.3. The monoisotopic (exact) mass is 460 g/mol. The van der Waals surface area contributed by atoms with E-state index in [0.717, 1.165) is 4.57 Å². The number of anilines is 1. The number of aromatic hydroxyl groups is 1. The lowest BCUT2D eigenvalue weighted by Gasteiger charge is -2.16. The Morgan fingerprint density at radius 3 is 2.64 bits per heavy atom. The van der Waals surface area contributed by atoms with E-state index in [1.807, 2.05) is 13.8 Å². The number of hydrogen-bond acceptors (Lipinski definition) is 9. The first-order chi connectivity index (χ1) is 15.6. The van der Waals surface area contributed by atoms with Crippen molar-refractivity contribution in [2.45, 2.75) is 32.6 Å². The van der Waals surface area contributed by atoms with Crippen LogP contribution < -0.4 is 21.4 Å². The van der Waals surface area contributed by atoms with Crippen molar-refractivity contribution in [3.8, 4) is 11.5 Å². The van der Waals surface area contributed by atoms with Gasteiger partial charge in [-0.2, -0.15) is 10.1 Å². The van der Waals surface area contributed by atoms with Crippen molar-refractivity contribution in [3.63, 3.8) is 0 Å². The molecule has 0 saturated heterocycles. The van der Waals surface area contributed by atoms with E-state index in [0.29, 0.717) is 5.56 Å². The molecular formula is C21H28N6O6.